The van der Waals surface area contributed by atoms with Gasteiger partial charge < -0.3 is 24.7 Å². The Hall–Kier alpha value is -3.80. The molecule has 5 rings (SSSR count). The average molecular weight is 485 g/mol. The Morgan fingerprint density at radius 1 is 1.22 bits per heavy atom. The molecule has 8 nitrogen and oxygen atoms in total. The summed E-state index contributed by atoms with van der Waals surface area (Å²) in [6, 6.07) is 12.0. The third-order valence-corrected chi connectivity index (χ3v) is 6.42. The van der Waals surface area contributed by atoms with Crippen molar-refractivity contribution in [2.45, 2.75) is 12.5 Å². The summed E-state index contributed by atoms with van der Waals surface area (Å²) in [5.74, 6) is 7.81. The Labute approximate surface area is 212 Å². The summed E-state index contributed by atoms with van der Waals surface area (Å²) in [6.07, 6.45) is 6.95. The third-order valence-electron chi connectivity index (χ3n) is 6.42. The van der Waals surface area contributed by atoms with E-state index in [0.29, 0.717) is 6.61 Å². The number of likely N-dealkylation sites (tertiary alicyclic amines) is 1. The molecule has 0 amide bonds. The summed E-state index contributed by atoms with van der Waals surface area (Å²) >= 11 is 0. The summed E-state index contributed by atoms with van der Waals surface area (Å²) in [7, 11) is 0. The normalized spacial score (nSPS) is 18.3. The largest absolute Gasteiger partial charge is 0.481 e. The number of rotatable bonds is 8. The van der Waals surface area contributed by atoms with Gasteiger partial charge in [-0.05, 0) is 36.6 Å². The van der Waals surface area contributed by atoms with Crippen LogP contribution in [-0.2, 0) is 4.74 Å². The van der Waals surface area contributed by atoms with Crippen molar-refractivity contribution in [2.24, 2.45) is 0 Å². The van der Waals surface area contributed by atoms with Crippen LogP contribution < -0.4 is 10.1 Å². The zero-order valence-electron chi connectivity index (χ0n) is 20.4. The molecule has 36 heavy (non-hydrogen) atoms. The van der Waals surface area contributed by atoms with Gasteiger partial charge in [-0.3, -0.25) is 4.90 Å². The number of anilines is 1. The molecule has 3 aromatic rings. The van der Waals surface area contributed by atoms with Crippen LogP contribution in [0.2, 0.25) is 0 Å². The number of nitrogens with one attached hydrogen (secondary N) is 2. The first kappa shape index (κ1) is 23.9. The van der Waals surface area contributed by atoms with Gasteiger partial charge in [-0.2, -0.15) is 0 Å². The van der Waals surface area contributed by atoms with Gasteiger partial charge in [0.1, 0.15) is 30.1 Å². The van der Waals surface area contributed by atoms with Crippen LogP contribution in [0.4, 0.5) is 5.82 Å². The van der Waals surface area contributed by atoms with Crippen molar-refractivity contribution >= 4 is 16.9 Å². The molecule has 4 heterocycles. The number of hydrogen-bond donors (Lipinski definition) is 2. The van der Waals surface area contributed by atoms with E-state index in [1.807, 2.05) is 36.4 Å². The van der Waals surface area contributed by atoms with Gasteiger partial charge >= 0.3 is 0 Å². The van der Waals surface area contributed by atoms with Crippen LogP contribution in [0.15, 0.2) is 67.2 Å². The second-order valence-electron chi connectivity index (χ2n) is 8.95. The number of aromatic nitrogens is 3. The highest BCUT2D eigenvalue weighted by molar-refractivity contribution is 5.88. The summed E-state index contributed by atoms with van der Waals surface area (Å²) in [6.45, 7) is 11.0. The van der Waals surface area contributed by atoms with Crippen molar-refractivity contribution in [1.29, 1.82) is 0 Å². The number of aromatic amines is 1. The van der Waals surface area contributed by atoms with Gasteiger partial charge in [0, 0.05) is 44.5 Å². The summed E-state index contributed by atoms with van der Waals surface area (Å²) < 4.78 is 11.1. The minimum atomic E-state index is 0.288. The van der Waals surface area contributed by atoms with E-state index in [0.717, 1.165) is 86.4 Å². The minimum Gasteiger partial charge on any atom is -0.481 e. The van der Waals surface area contributed by atoms with E-state index >= 15 is 0 Å². The first-order valence-corrected chi connectivity index (χ1v) is 12.4. The highest BCUT2D eigenvalue weighted by atomic mass is 16.5. The molecule has 0 radical (unpaired) electrons. The van der Waals surface area contributed by atoms with Gasteiger partial charge in [0.15, 0.2) is 0 Å². The van der Waals surface area contributed by atoms with Crippen molar-refractivity contribution in [3.63, 3.8) is 0 Å². The van der Waals surface area contributed by atoms with Gasteiger partial charge in [-0.1, -0.05) is 36.8 Å². The van der Waals surface area contributed by atoms with Gasteiger partial charge in [0.2, 0.25) is 0 Å². The Kier molecular flexibility index (Phi) is 7.81. The molecule has 2 aromatic heterocycles. The summed E-state index contributed by atoms with van der Waals surface area (Å²) in [5, 5.41) is 4.54. The zero-order chi connectivity index (χ0) is 24.6. The smallest absolute Gasteiger partial charge is 0.149 e. The standard InChI is InChI=1S/C28H32N6O2/c1-22(7-5-12-33-14-17-35-18-15-33)34-13-11-24(20-34)32-28-26-19-23(31-27(26)29-21-30-28)8-6-16-36-25-9-3-2-4-10-25/h2-5,7,9-10,19,21,24H,1,11-18,20H2,(H2,29,30,31,32)/b7-5+. The molecule has 0 aliphatic carbocycles. The number of benzene rings is 1. The monoisotopic (exact) mass is 484 g/mol. The fourth-order valence-corrected chi connectivity index (χ4v) is 4.45. The Bertz CT molecular complexity index is 1250. The van der Waals surface area contributed by atoms with Crippen molar-refractivity contribution in [3.05, 3.63) is 72.8 Å². The van der Waals surface area contributed by atoms with Crippen molar-refractivity contribution in [1.82, 2.24) is 24.8 Å². The van der Waals surface area contributed by atoms with Gasteiger partial charge in [-0.15, -0.1) is 0 Å². The van der Waals surface area contributed by atoms with Crippen LogP contribution in [-0.4, -0.2) is 83.3 Å². The lowest BCUT2D eigenvalue weighted by Crippen LogP contribution is -2.36. The number of fused-ring (bicyclic) bond motifs is 1. The maximum atomic E-state index is 5.65. The Balaban J connectivity index is 1.15. The topological polar surface area (TPSA) is 78.5 Å². The number of H-pyrrole nitrogens is 1. The molecule has 186 valence electrons. The molecule has 2 saturated heterocycles. The van der Waals surface area contributed by atoms with Crippen LogP contribution in [0, 0.1) is 11.8 Å². The second-order valence-corrected chi connectivity index (χ2v) is 8.95. The number of nitrogens with zero attached hydrogens (tertiary/aromatic N) is 4. The first-order valence-electron chi connectivity index (χ1n) is 12.4. The maximum absolute atomic E-state index is 5.65. The molecule has 2 N–H and O–H groups in total. The molecule has 0 saturated carbocycles. The molecule has 8 heteroatoms. The highest BCUT2D eigenvalue weighted by Gasteiger charge is 2.23. The number of morpholine rings is 1. The molecule has 2 aliphatic rings. The maximum Gasteiger partial charge on any atom is 0.149 e. The van der Waals surface area contributed by atoms with Crippen molar-refractivity contribution < 1.29 is 9.47 Å². The van der Waals surface area contributed by atoms with Crippen LogP contribution >= 0.6 is 0 Å². The third kappa shape index (κ3) is 6.25. The quantitative estimate of drug-likeness (QED) is 0.375. The molecule has 1 aromatic carbocycles. The summed E-state index contributed by atoms with van der Waals surface area (Å²) in [5.41, 5.74) is 2.61. The Morgan fingerprint density at radius 3 is 2.94 bits per heavy atom. The lowest BCUT2D eigenvalue weighted by Gasteiger charge is -2.25. The molecule has 2 fully saturated rings. The van der Waals surface area contributed by atoms with Crippen molar-refractivity contribution in [3.8, 4) is 17.6 Å². The molecule has 0 bridgehead atoms. The number of para-hydroxylation sites is 1. The van der Waals surface area contributed by atoms with E-state index in [1.54, 1.807) is 6.33 Å². The highest BCUT2D eigenvalue weighted by Crippen LogP contribution is 2.24. The van der Waals surface area contributed by atoms with E-state index in [2.05, 4.69) is 60.6 Å². The Morgan fingerprint density at radius 2 is 2.08 bits per heavy atom. The van der Waals surface area contributed by atoms with Gasteiger partial charge in [0.25, 0.3) is 0 Å². The molecule has 2 aliphatic heterocycles. The first-order chi connectivity index (χ1) is 17.7. The van der Waals surface area contributed by atoms with E-state index in [1.165, 1.54) is 0 Å². The lowest BCUT2D eigenvalue weighted by atomic mass is 10.2. The van der Waals surface area contributed by atoms with Crippen molar-refractivity contribution in [2.75, 3.05) is 57.9 Å². The van der Waals surface area contributed by atoms with Gasteiger partial charge in [-0.25, -0.2) is 9.97 Å². The SMILES string of the molecule is C=C(/C=C/CN1CCOCC1)N1CCC(Nc2ncnc3[nH]c(C#CCOc4ccccc4)cc23)C1. The predicted octanol–water partition coefficient (Wildman–Crippen LogP) is 3.28. The molecule has 1 atom stereocenters. The molecular formula is C28H32N6O2. The van der Waals surface area contributed by atoms with E-state index < -0.39 is 0 Å². The predicted molar refractivity (Wildman–Crippen MR) is 142 cm³/mol. The zero-order valence-corrected chi connectivity index (χ0v) is 20.4. The molecular weight excluding hydrogens is 452 g/mol. The average Bonchev–Trinajstić information content (AvgIpc) is 3.55. The number of ether oxygens (including phenoxy) is 2. The lowest BCUT2D eigenvalue weighted by molar-refractivity contribution is 0.0434. The van der Waals surface area contributed by atoms with Crippen LogP contribution in [0.25, 0.3) is 11.0 Å². The number of allylic oxidation sites excluding steroid dienone is 1. The second kappa shape index (κ2) is 11.8. The number of hydrogen-bond acceptors (Lipinski definition) is 7. The van der Waals surface area contributed by atoms with E-state index in [4.69, 9.17) is 9.47 Å². The van der Waals surface area contributed by atoms with E-state index in [9.17, 15) is 0 Å². The van der Waals surface area contributed by atoms with E-state index in [-0.39, 0.29) is 6.04 Å². The minimum absolute atomic E-state index is 0.288. The van der Waals surface area contributed by atoms with Gasteiger partial charge in [0.05, 0.1) is 24.3 Å². The fourth-order valence-electron chi connectivity index (χ4n) is 4.45. The fraction of sp³-hybridized carbons (Fsp3) is 0.357. The van der Waals surface area contributed by atoms with Crippen LogP contribution in [0.3, 0.4) is 0 Å². The molecule has 0 spiro atoms. The molecule has 1 unspecified atom stereocenters. The summed E-state index contributed by atoms with van der Waals surface area (Å²) in [4.78, 5) is 16.9. The van der Waals surface area contributed by atoms with Crippen LogP contribution in [0.1, 0.15) is 12.1 Å². The van der Waals surface area contributed by atoms with Crippen LogP contribution in [0.5, 0.6) is 5.75 Å².